The summed E-state index contributed by atoms with van der Waals surface area (Å²) in [5.41, 5.74) is 4.21. The molecule has 1 aromatic rings. The van der Waals surface area contributed by atoms with Crippen molar-refractivity contribution in [3.05, 3.63) is 59.2 Å². The topological polar surface area (TPSA) is 0 Å². The molecule has 0 aliphatic heterocycles. The van der Waals surface area contributed by atoms with Gasteiger partial charge in [0.05, 0.1) is 0 Å². The van der Waals surface area contributed by atoms with Crippen LogP contribution in [-0.4, -0.2) is 0 Å². The van der Waals surface area contributed by atoms with E-state index in [-0.39, 0.29) is 0 Å². The second-order valence-electron chi connectivity index (χ2n) is 4.83. The minimum absolute atomic E-state index is 0.705. The summed E-state index contributed by atoms with van der Waals surface area (Å²) < 4.78 is 0. The van der Waals surface area contributed by atoms with E-state index in [0.29, 0.717) is 5.92 Å². The second kappa shape index (κ2) is 5.16. The predicted molar refractivity (Wildman–Crippen MR) is 70.5 cm³/mol. The molecule has 1 atom stereocenters. The first kappa shape index (κ1) is 11.2. The van der Waals surface area contributed by atoms with Gasteiger partial charge in [0, 0.05) is 0 Å². The second-order valence-corrected chi connectivity index (χ2v) is 4.83. The van der Waals surface area contributed by atoms with E-state index in [1.807, 2.05) is 0 Å². The highest BCUT2D eigenvalue weighted by Crippen LogP contribution is 2.20. The minimum Gasteiger partial charge on any atom is -0.0816 e. The van der Waals surface area contributed by atoms with Crippen LogP contribution in [0.1, 0.15) is 30.9 Å². The zero-order valence-corrected chi connectivity index (χ0v) is 10.2. The van der Waals surface area contributed by atoms with Gasteiger partial charge in [-0.2, -0.15) is 0 Å². The van der Waals surface area contributed by atoms with E-state index in [0.717, 1.165) is 0 Å². The minimum atomic E-state index is 0.705. The zero-order chi connectivity index (χ0) is 11.4. The molecule has 0 radical (unpaired) electrons. The summed E-state index contributed by atoms with van der Waals surface area (Å²) in [6.07, 6.45) is 10.7. The van der Waals surface area contributed by atoms with Crippen molar-refractivity contribution in [1.29, 1.82) is 0 Å². The van der Waals surface area contributed by atoms with Crippen molar-refractivity contribution in [3.63, 3.8) is 0 Å². The molecule has 0 heterocycles. The van der Waals surface area contributed by atoms with Crippen LogP contribution in [0.5, 0.6) is 0 Å². The van der Waals surface area contributed by atoms with Gasteiger partial charge in [-0.25, -0.2) is 0 Å². The van der Waals surface area contributed by atoms with Crippen LogP contribution in [0.4, 0.5) is 0 Å². The molecule has 0 heteroatoms. The molecule has 0 fully saturated rings. The van der Waals surface area contributed by atoms with Crippen LogP contribution in [0, 0.1) is 12.8 Å². The molecule has 16 heavy (non-hydrogen) atoms. The van der Waals surface area contributed by atoms with Crippen LogP contribution < -0.4 is 0 Å². The van der Waals surface area contributed by atoms with Crippen molar-refractivity contribution in [1.82, 2.24) is 0 Å². The fourth-order valence-corrected chi connectivity index (χ4v) is 2.17. The Kier molecular flexibility index (Phi) is 3.61. The maximum absolute atomic E-state index is 2.37. The number of rotatable bonds is 2. The third-order valence-electron chi connectivity index (χ3n) is 3.25. The van der Waals surface area contributed by atoms with Crippen LogP contribution in [0.3, 0.4) is 0 Å². The first-order valence-electron chi connectivity index (χ1n) is 6.14. The highest BCUT2D eigenvalue weighted by molar-refractivity contribution is 5.24. The first-order valence-corrected chi connectivity index (χ1v) is 6.14. The van der Waals surface area contributed by atoms with Crippen LogP contribution >= 0.6 is 0 Å². The van der Waals surface area contributed by atoms with Crippen molar-refractivity contribution in [2.24, 2.45) is 5.92 Å². The summed E-state index contributed by atoms with van der Waals surface area (Å²) in [6, 6.07) is 8.93. The molecule has 1 aromatic carbocycles. The molecule has 0 saturated carbocycles. The summed E-state index contributed by atoms with van der Waals surface area (Å²) in [5, 5.41) is 0. The summed E-state index contributed by atoms with van der Waals surface area (Å²) in [6.45, 7) is 4.33. The zero-order valence-electron chi connectivity index (χ0n) is 10.2. The molecule has 1 aliphatic carbocycles. The Morgan fingerprint density at radius 1 is 1.12 bits per heavy atom. The Morgan fingerprint density at radius 3 is 2.62 bits per heavy atom. The normalized spacial score (nSPS) is 20.4. The summed E-state index contributed by atoms with van der Waals surface area (Å²) in [5.74, 6) is 0.705. The highest BCUT2D eigenvalue weighted by Gasteiger charge is 2.07. The molecule has 0 spiro atoms. The number of allylic oxidation sites excluding steroid dienone is 4. The molecule has 0 bridgehead atoms. The van der Waals surface area contributed by atoms with Gasteiger partial charge in [-0.15, -0.1) is 0 Å². The third-order valence-corrected chi connectivity index (χ3v) is 3.25. The Hall–Kier alpha value is -1.30. The molecule has 0 N–H and O–H groups in total. The fourth-order valence-electron chi connectivity index (χ4n) is 2.17. The maximum Gasteiger partial charge on any atom is -0.0187 e. The Balaban J connectivity index is 2.00. The summed E-state index contributed by atoms with van der Waals surface area (Å²) >= 11 is 0. The van der Waals surface area contributed by atoms with Gasteiger partial charge in [0.25, 0.3) is 0 Å². The van der Waals surface area contributed by atoms with Crippen molar-refractivity contribution < 1.29 is 0 Å². The lowest BCUT2D eigenvalue weighted by Gasteiger charge is -2.10. The molecule has 0 saturated heterocycles. The SMILES string of the molecule is CC1=CCCC(Cc2ccc(C)cc2)C=C1. The van der Waals surface area contributed by atoms with E-state index >= 15 is 0 Å². The van der Waals surface area contributed by atoms with E-state index in [4.69, 9.17) is 0 Å². The molecule has 84 valence electrons. The largest absolute Gasteiger partial charge is 0.0816 e. The van der Waals surface area contributed by atoms with Gasteiger partial charge in [0.1, 0.15) is 0 Å². The van der Waals surface area contributed by atoms with Gasteiger partial charge in [0.15, 0.2) is 0 Å². The van der Waals surface area contributed by atoms with Crippen LogP contribution in [0.15, 0.2) is 48.1 Å². The Labute approximate surface area is 98.7 Å². The Bertz CT molecular complexity index is 393. The van der Waals surface area contributed by atoms with Gasteiger partial charge >= 0.3 is 0 Å². The van der Waals surface area contributed by atoms with Crippen molar-refractivity contribution in [2.75, 3.05) is 0 Å². The fraction of sp³-hybridized carbons (Fsp3) is 0.375. The molecular formula is C16H20. The lowest BCUT2D eigenvalue weighted by Crippen LogP contribution is -2.00. The molecule has 2 rings (SSSR count). The number of hydrogen-bond acceptors (Lipinski definition) is 0. The van der Waals surface area contributed by atoms with E-state index < -0.39 is 0 Å². The summed E-state index contributed by atoms with van der Waals surface area (Å²) in [7, 11) is 0. The maximum atomic E-state index is 2.37. The average molecular weight is 212 g/mol. The van der Waals surface area contributed by atoms with Crippen LogP contribution in [-0.2, 0) is 6.42 Å². The van der Waals surface area contributed by atoms with Crippen LogP contribution in [0.25, 0.3) is 0 Å². The number of benzene rings is 1. The molecule has 1 aliphatic rings. The highest BCUT2D eigenvalue weighted by atomic mass is 14.1. The molecule has 0 aromatic heterocycles. The molecule has 0 nitrogen and oxygen atoms in total. The monoisotopic (exact) mass is 212 g/mol. The van der Waals surface area contributed by atoms with E-state index in [2.05, 4.69) is 56.3 Å². The average Bonchev–Trinajstić information content (AvgIpc) is 2.47. The van der Waals surface area contributed by atoms with E-state index in [1.165, 1.54) is 36.0 Å². The molecule has 1 unspecified atom stereocenters. The molecular weight excluding hydrogens is 192 g/mol. The third kappa shape index (κ3) is 3.10. The van der Waals surface area contributed by atoms with E-state index in [1.54, 1.807) is 0 Å². The lowest BCUT2D eigenvalue weighted by atomic mass is 9.95. The van der Waals surface area contributed by atoms with Gasteiger partial charge in [-0.05, 0) is 44.6 Å². The predicted octanol–water partition coefficient (Wildman–Crippen LogP) is 4.45. The first-order chi connectivity index (χ1) is 7.74. The van der Waals surface area contributed by atoms with Crippen molar-refractivity contribution >= 4 is 0 Å². The number of aryl methyl sites for hydroxylation is 1. The number of hydrogen-bond donors (Lipinski definition) is 0. The van der Waals surface area contributed by atoms with Crippen molar-refractivity contribution in [3.8, 4) is 0 Å². The Morgan fingerprint density at radius 2 is 1.88 bits per heavy atom. The van der Waals surface area contributed by atoms with Crippen LogP contribution in [0.2, 0.25) is 0 Å². The van der Waals surface area contributed by atoms with Gasteiger partial charge in [-0.3, -0.25) is 0 Å². The lowest BCUT2D eigenvalue weighted by molar-refractivity contribution is 0.598. The van der Waals surface area contributed by atoms with Gasteiger partial charge < -0.3 is 0 Å². The smallest absolute Gasteiger partial charge is 0.0187 e. The standard InChI is InChI=1S/C16H20/c1-13-4-3-5-15(9-6-13)12-16-10-7-14(2)8-11-16/h4,6-11,15H,3,5,12H2,1-2H3. The van der Waals surface area contributed by atoms with E-state index in [9.17, 15) is 0 Å². The van der Waals surface area contributed by atoms with Gasteiger partial charge in [0.2, 0.25) is 0 Å². The quantitative estimate of drug-likeness (QED) is 0.679. The van der Waals surface area contributed by atoms with Crippen molar-refractivity contribution in [2.45, 2.75) is 33.1 Å². The molecule has 0 amide bonds. The summed E-state index contributed by atoms with van der Waals surface area (Å²) in [4.78, 5) is 0. The van der Waals surface area contributed by atoms with Gasteiger partial charge in [-0.1, -0.05) is 53.6 Å².